The number of nitrogens with one attached hydrogen (secondary N) is 1. The van der Waals surface area contributed by atoms with Crippen molar-refractivity contribution in [2.24, 2.45) is 5.73 Å². The van der Waals surface area contributed by atoms with Gasteiger partial charge < -0.3 is 11.1 Å². The van der Waals surface area contributed by atoms with Gasteiger partial charge in [-0.3, -0.25) is 14.4 Å². The normalized spacial score (nSPS) is 12.6. The van der Waals surface area contributed by atoms with Gasteiger partial charge in [0, 0.05) is 23.1 Å². The molecule has 11 heteroatoms. The van der Waals surface area contributed by atoms with Gasteiger partial charge in [-0.25, -0.2) is 0 Å². The maximum Gasteiger partial charge on any atom is 0.416 e. The molecule has 0 radical (unpaired) electrons. The van der Waals surface area contributed by atoms with Crippen molar-refractivity contribution in [1.29, 1.82) is 0 Å². The van der Waals surface area contributed by atoms with Gasteiger partial charge in [0.1, 0.15) is 6.04 Å². The maximum atomic E-state index is 13.1. The monoisotopic (exact) mass is 508 g/mol. The van der Waals surface area contributed by atoms with Crippen LogP contribution in [-0.2, 0) is 23.6 Å². The van der Waals surface area contributed by atoms with Gasteiger partial charge in [0.15, 0.2) is 5.78 Å². The maximum absolute atomic E-state index is 13.1. The average Bonchev–Trinajstić information content (AvgIpc) is 2.82. The first-order chi connectivity index (χ1) is 16.8. The summed E-state index contributed by atoms with van der Waals surface area (Å²) in [6, 6.07) is 13.3. The minimum absolute atomic E-state index is 0.110. The Balaban J connectivity index is 1.80. The van der Waals surface area contributed by atoms with Crippen molar-refractivity contribution < 1.29 is 40.7 Å². The second-order valence-corrected chi connectivity index (χ2v) is 7.82. The van der Waals surface area contributed by atoms with E-state index in [1.165, 1.54) is 24.3 Å². The molecular weight excluding hydrogens is 490 g/mol. The van der Waals surface area contributed by atoms with Crippen molar-refractivity contribution in [3.63, 3.8) is 0 Å². The number of hydrogen-bond donors (Lipinski definition) is 2. The number of alkyl halides is 6. The molecule has 3 rings (SSSR count). The molecule has 0 aromatic heterocycles. The molecule has 0 heterocycles. The highest BCUT2D eigenvalue weighted by atomic mass is 19.4. The number of nitrogens with two attached hydrogens (primary N) is 1. The number of ketones is 1. The van der Waals surface area contributed by atoms with Crippen LogP contribution in [0.2, 0.25) is 0 Å². The molecule has 2 amide bonds. The van der Waals surface area contributed by atoms with Crippen LogP contribution in [0.15, 0.2) is 72.8 Å². The molecule has 0 bridgehead atoms. The fraction of sp³-hybridized carbons (Fsp3) is 0.160. The standard InChI is InChI=1S/C25H18F6N2O3/c26-24(27,28)18-11-17(12-19(13-18)25(29,30)31)23(36)33-20(22(32)35)10-14-6-8-16(9-7-14)21(34)15-4-2-1-3-5-15/h1-9,11-13,20H,10H2,(H2,32,35)(H,33,36)/t20-/m1/s1. The second kappa shape index (κ2) is 10.2. The van der Waals surface area contributed by atoms with Gasteiger partial charge in [0.25, 0.3) is 5.91 Å². The summed E-state index contributed by atoms with van der Waals surface area (Å²) in [4.78, 5) is 36.9. The van der Waals surface area contributed by atoms with E-state index in [0.717, 1.165) is 0 Å². The van der Waals surface area contributed by atoms with Crippen LogP contribution in [0.3, 0.4) is 0 Å². The van der Waals surface area contributed by atoms with Crippen LogP contribution >= 0.6 is 0 Å². The van der Waals surface area contributed by atoms with Gasteiger partial charge in [-0.15, -0.1) is 0 Å². The molecule has 0 unspecified atom stereocenters. The van der Waals surface area contributed by atoms with E-state index in [2.05, 4.69) is 5.32 Å². The van der Waals surface area contributed by atoms with E-state index in [9.17, 15) is 40.7 Å². The lowest BCUT2D eigenvalue weighted by atomic mass is 9.99. The predicted molar refractivity (Wildman–Crippen MR) is 117 cm³/mol. The Kier molecular flexibility index (Phi) is 7.51. The Bertz CT molecular complexity index is 1240. The fourth-order valence-electron chi connectivity index (χ4n) is 3.33. The lowest BCUT2D eigenvalue weighted by molar-refractivity contribution is -0.143. The number of rotatable bonds is 7. The number of carbonyl (C=O) groups is 3. The molecule has 1 atom stereocenters. The smallest absolute Gasteiger partial charge is 0.368 e. The molecule has 3 N–H and O–H groups in total. The Hall–Kier alpha value is -4.15. The molecule has 0 spiro atoms. The first-order valence-electron chi connectivity index (χ1n) is 10.3. The van der Waals surface area contributed by atoms with E-state index in [1.807, 2.05) is 0 Å². The summed E-state index contributed by atoms with van der Waals surface area (Å²) in [6.07, 6.45) is -10.5. The van der Waals surface area contributed by atoms with Crippen LogP contribution in [0, 0.1) is 0 Å². The van der Waals surface area contributed by atoms with Crippen molar-refractivity contribution in [2.45, 2.75) is 24.8 Å². The number of primary amides is 1. The van der Waals surface area contributed by atoms with Crippen LogP contribution in [-0.4, -0.2) is 23.6 Å². The molecule has 0 fully saturated rings. The first kappa shape index (κ1) is 26.5. The Morgan fingerprint density at radius 2 is 1.22 bits per heavy atom. The Morgan fingerprint density at radius 1 is 0.722 bits per heavy atom. The van der Waals surface area contributed by atoms with Crippen molar-refractivity contribution >= 4 is 17.6 Å². The van der Waals surface area contributed by atoms with Gasteiger partial charge in [0.05, 0.1) is 11.1 Å². The zero-order valence-electron chi connectivity index (χ0n) is 18.3. The minimum Gasteiger partial charge on any atom is -0.368 e. The summed E-state index contributed by atoms with van der Waals surface area (Å²) < 4.78 is 78.5. The van der Waals surface area contributed by atoms with Gasteiger partial charge in [-0.05, 0) is 23.8 Å². The van der Waals surface area contributed by atoms with E-state index in [-0.39, 0.29) is 30.4 Å². The molecular formula is C25H18F6N2O3. The quantitative estimate of drug-likeness (QED) is 0.356. The van der Waals surface area contributed by atoms with Gasteiger partial charge in [0.2, 0.25) is 5.91 Å². The van der Waals surface area contributed by atoms with E-state index in [0.29, 0.717) is 16.7 Å². The fourth-order valence-corrected chi connectivity index (χ4v) is 3.33. The van der Waals surface area contributed by atoms with Crippen LogP contribution < -0.4 is 11.1 Å². The van der Waals surface area contributed by atoms with Crippen molar-refractivity contribution in [3.05, 3.63) is 106 Å². The SMILES string of the molecule is NC(=O)[C@@H](Cc1ccc(C(=O)c2ccccc2)cc1)NC(=O)c1cc(C(F)(F)F)cc(C(F)(F)F)c1. The zero-order valence-corrected chi connectivity index (χ0v) is 18.3. The molecule has 0 aliphatic carbocycles. The molecule has 5 nitrogen and oxygen atoms in total. The average molecular weight is 508 g/mol. The van der Waals surface area contributed by atoms with E-state index in [1.54, 1.807) is 30.3 Å². The third kappa shape index (κ3) is 6.49. The zero-order chi connectivity index (χ0) is 26.7. The topological polar surface area (TPSA) is 89.3 Å². The van der Waals surface area contributed by atoms with E-state index >= 15 is 0 Å². The van der Waals surface area contributed by atoms with Gasteiger partial charge >= 0.3 is 12.4 Å². The molecule has 0 aliphatic heterocycles. The van der Waals surface area contributed by atoms with Crippen molar-refractivity contribution in [1.82, 2.24) is 5.32 Å². The van der Waals surface area contributed by atoms with Crippen LogP contribution in [0.25, 0.3) is 0 Å². The molecule has 188 valence electrons. The number of carbonyl (C=O) groups excluding carboxylic acids is 3. The van der Waals surface area contributed by atoms with Gasteiger partial charge in [-0.2, -0.15) is 26.3 Å². The summed E-state index contributed by atoms with van der Waals surface area (Å²) >= 11 is 0. The number of halogens is 6. The lowest BCUT2D eigenvalue weighted by Gasteiger charge is -2.18. The highest BCUT2D eigenvalue weighted by Crippen LogP contribution is 2.36. The molecule has 0 saturated carbocycles. The third-order valence-electron chi connectivity index (χ3n) is 5.19. The number of hydrogen-bond acceptors (Lipinski definition) is 3. The molecule has 3 aromatic rings. The summed E-state index contributed by atoms with van der Waals surface area (Å²) in [5.41, 5.74) is 2.24. The summed E-state index contributed by atoms with van der Waals surface area (Å²) in [5.74, 6) is -2.66. The Morgan fingerprint density at radius 3 is 1.69 bits per heavy atom. The second-order valence-electron chi connectivity index (χ2n) is 7.82. The highest BCUT2D eigenvalue weighted by molar-refractivity contribution is 6.09. The van der Waals surface area contributed by atoms with Gasteiger partial charge in [-0.1, -0.05) is 54.6 Å². The van der Waals surface area contributed by atoms with E-state index in [4.69, 9.17) is 5.73 Å². The third-order valence-corrected chi connectivity index (χ3v) is 5.19. The largest absolute Gasteiger partial charge is 0.416 e. The first-order valence-corrected chi connectivity index (χ1v) is 10.3. The summed E-state index contributed by atoms with van der Waals surface area (Å²) in [7, 11) is 0. The van der Waals surface area contributed by atoms with Crippen molar-refractivity contribution in [2.75, 3.05) is 0 Å². The predicted octanol–water partition coefficient (Wildman–Crippen LogP) is 4.78. The summed E-state index contributed by atoms with van der Waals surface area (Å²) in [6.45, 7) is 0. The molecule has 3 aromatic carbocycles. The number of benzene rings is 3. The van der Waals surface area contributed by atoms with Crippen LogP contribution in [0.1, 0.15) is 43.0 Å². The van der Waals surface area contributed by atoms with Crippen molar-refractivity contribution in [3.8, 4) is 0 Å². The van der Waals surface area contributed by atoms with Crippen LogP contribution in [0.5, 0.6) is 0 Å². The van der Waals surface area contributed by atoms with E-state index < -0.39 is 46.9 Å². The number of amides is 2. The molecule has 0 saturated heterocycles. The van der Waals surface area contributed by atoms with Crippen LogP contribution in [0.4, 0.5) is 26.3 Å². The lowest BCUT2D eigenvalue weighted by Crippen LogP contribution is -2.46. The Labute approximate surface area is 200 Å². The highest BCUT2D eigenvalue weighted by Gasteiger charge is 2.37. The summed E-state index contributed by atoms with van der Waals surface area (Å²) in [5, 5.41) is 2.09. The minimum atomic E-state index is -5.14. The molecule has 36 heavy (non-hydrogen) atoms. The molecule has 0 aliphatic rings.